The molecule has 0 spiro atoms. The summed E-state index contributed by atoms with van der Waals surface area (Å²) in [5.74, 6) is 1.09. The number of aryl methyl sites for hydroxylation is 1. The quantitative estimate of drug-likeness (QED) is 0.925. The molecule has 1 amide bonds. The summed E-state index contributed by atoms with van der Waals surface area (Å²) < 4.78 is 5.63. The number of carbonyl (C=O) groups is 1. The number of amides is 1. The molecule has 22 heavy (non-hydrogen) atoms. The van der Waals surface area contributed by atoms with E-state index in [1.807, 2.05) is 11.8 Å². The molecular formula is C17H25N3O2. The van der Waals surface area contributed by atoms with E-state index in [1.54, 1.807) is 7.11 Å². The molecule has 5 heteroatoms. The molecule has 0 atom stereocenters. The lowest BCUT2D eigenvalue weighted by Gasteiger charge is -2.32. The van der Waals surface area contributed by atoms with Gasteiger partial charge in [-0.05, 0) is 31.4 Å². The lowest BCUT2D eigenvalue weighted by atomic mass is 10.0. The fraction of sp³-hybridized carbons (Fsp3) is 0.588. The highest BCUT2D eigenvalue weighted by Crippen LogP contribution is 2.38. The van der Waals surface area contributed by atoms with Crippen molar-refractivity contribution in [2.45, 2.75) is 26.2 Å². The Morgan fingerprint density at radius 2 is 1.95 bits per heavy atom. The molecule has 2 heterocycles. The van der Waals surface area contributed by atoms with Crippen LogP contribution in [0.2, 0.25) is 0 Å². The molecule has 2 aliphatic rings. The maximum atomic E-state index is 12.3. The minimum atomic E-state index is 0.221. The maximum absolute atomic E-state index is 12.3. The molecule has 0 aliphatic carbocycles. The molecule has 1 aromatic carbocycles. The fourth-order valence-corrected chi connectivity index (χ4v) is 3.41. The van der Waals surface area contributed by atoms with E-state index in [0.717, 1.165) is 56.1 Å². The van der Waals surface area contributed by atoms with Crippen LogP contribution in [0.3, 0.4) is 0 Å². The van der Waals surface area contributed by atoms with E-state index in [1.165, 1.54) is 5.56 Å². The van der Waals surface area contributed by atoms with Crippen molar-refractivity contribution in [1.82, 2.24) is 5.32 Å². The second-order valence-electron chi connectivity index (χ2n) is 5.88. The number of benzene rings is 1. The van der Waals surface area contributed by atoms with E-state index < -0.39 is 0 Å². The molecule has 0 saturated carbocycles. The van der Waals surface area contributed by atoms with Gasteiger partial charge in [0, 0.05) is 45.2 Å². The second kappa shape index (κ2) is 6.57. The molecule has 0 radical (unpaired) electrons. The summed E-state index contributed by atoms with van der Waals surface area (Å²) in [7, 11) is 1.71. The Bertz CT molecular complexity index is 553. The van der Waals surface area contributed by atoms with Crippen molar-refractivity contribution in [3.05, 3.63) is 17.7 Å². The average Bonchev–Trinajstić information content (AvgIpc) is 2.71. The molecule has 120 valence electrons. The van der Waals surface area contributed by atoms with Crippen molar-refractivity contribution in [2.24, 2.45) is 0 Å². The first-order valence-corrected chi connectivity index (χ1v) is 8.21. The third-order valence-electron chi connectivity index (χ3n) is 4.58. The Kier molecular flexibility index (Phi) is 4.52. The number of carbonyl (C=O) groups excluding carboxylic acids is 1. The van der Waals surface area contributed by atoms with Crippen molar-refractivity contribution in [3.63, 3.8) is 0 Å². The number of ether oxygens (including phenoxy) is 1. The first-order valence-electron chi connectivity index (χ1n) is 8.21. The van der Waals surface area contributed by atoms with Gasteiger partial charge < -0.3 is 19.9 Å². The Morgan fingerprint density at radius 3 is 2.64 bits per heavy atom. The Hall–Kier alpha value is -1.75. The molecule has 0 unspecified atom stereocenters. The summed E-state index contributed by atoms with van der Waals surface area (Å²) in [6.45, 7) is 6.72. The fourth-order valence-electron chi connectivity index (χ4n) is 3.41. The van der Waals surface area contributed by atoms with Gasteiger partial charge in [0.05, 0.1) is 18.5 Å². The molecule has 2 aliphatic heterocycles. The zero-order valence-electron chi connectivity index (χ0n) is 13.5. The molecule has 1 aromatic rings. The Labute approximate surface area is 132 Å². The monoisotopic (exact) mass is 303 g/mol. The third kappa shape index (κ3) is 2.77. The number of hydrogen-bond acceptors (Lipinski definition) is 4. The predicted octanol–water partition coefficient (Wildman–Crippen LogP) is 1.79. The van der Waals surface area contributed by atoms with E-state index in [0.29, 0.717) is 13.0 Å². The first-order chi connectivity index (χ1) is 10.7. The van der Waals surface area contributed by atoms with Crippen molar-refractivity contribution >= 4 is 17.3 Å². The van der Waals surface area contributed by atoms with Crippen LogP contribution in [0, 0.1) is 0 Å². The highest BCUT2D eigenvalue weighted by molar-refractivity contribution is 5.95. The van der Waals surface area contributed by atoms with Gasteiger partial charge >= 0.3 is 0 Å². The predicted molar refractivity (Wildman–Crippen MR) is 89.0 cm³/mol. The Balaban J connectivity index is 2.03. The minimum Gasteiger partial charge on any atom is -0.495 e. The number of rotatable bonds is 3. The number of methoxy groups -OCH3 is 1. The number of nitrogens with zero attached hydrogens (tertiary/aromatic N) is 2. The summed E-state index contributed by atoms with van der Waals surface area (Å²) in [6.07, 6.45) is 2.52. The second-order valence-corrected chi connectivity index (χ2v) is 5.88. The van der Waals surface area contributed by atoms with Gasteiger partial charge in [-0.2, -0.15) is 0 Å². The highest BCUT2D eigenvalue weighted by atomic mass is 16.5. The Morgan fingerprint density at radius 1 is 1.18 bits per heavy atom. The molecule has 5 nitrogen and oxygen atoms in total. The standard InChI is InChI=1S/C17H25N3O2/c1-3-20-14-12-16(22-2)15(19-9-7-18-8-10-19)11-13(14)5-4-6-17(20)21/h11-12,18H,3-10H2,1-2H3. The van der Waals surface area contributed by atoms with Gasteiger partial charge in [-0.1, -0.05) is 0 Å². The summed E-state index contributed by atoms with van der Waals surface area (Å²) in [5, 5.41) is 3.38. The summed E-state index contributed by atoms with van der Waals surface area (Å²) in [4.78, 5) is 16.5. The first kappa shape index (κ1) is 15.2. The van der Waals surface area contributed by atoms with Crippen LogP contribution >= 0.6 is 0 Å². The van der Waals surface area contributed by atoms with Crippen LogP contribution in [0.25, 0.3) is 0 Å². The highest BCUT2D eigenvalue weighted by Gasteiger charge is 2.24. The molecule has 3 rings (SSSR count). The summed E-state index contributed by atoms with van der Waals surface area (Å²) >= 11 is 0. The smallest absolute Gasteiger partial charge is 0.226 e. The van der Waals surface area contributed by atoms with Crippen LogP contribution in [0.15, 0.2) is 12.1 Å². The van der Waals surface area contributed by atoms with Crippen LogP contribution in [-0.2, 0) is 11.2 Å². The number of anilines is 2. The van der Waals surface area contributed by atoms with Gasteiger partial charge in [-0.15, -0.1) is 0 Å². The normalized spacial score (nSPS) is 18.9. The molecule has 0 bridgehead atoms. The van der Waals surface area contributed by atoms with Gasteiger partial charge in [-0.3, -0.25) is 4.79 Å². The van der Waals surface area contributed by atoms with Gasteiger partial charge in [0.25, 0.3) is 0 Å². The number of hydrogen-bond donors (Lipinski definition) is 1. The van der Waals surface area contributed by atoms with Gasteiger partial charge in [0.15, 0.2) is 0 Å². The van der Waals surface area contributed by atoms with Gasteiger partial charge in [0.1, 0.15) is 5.75 Å². The van der Waals surface area contributed by atoms with Crippen molar-refractivity contribution in [3.8, 4) is 5.75 Å². The van der Waals surface area contributed by atoms with E-state index in [9.17, 15) is 4.79 Å². The van der Waals surface area contributed by atoms with E-state index in [-0.39, 0.29) is 5.91 Å². The van der Waals surface area contributed by atoms with E-state index in [4.69, 9.17) is 4.74 Å². The van der Waals surface area contributed by atoms with Crippen molar-refractivity contribution in [2.75, 3.05) is 49.6 Å². The third-order valence-corrected chi connectivity index (χ3v) is 4.58. The zero-order valence-corrected chi connectivity index (χ0v) is 13.5. The van der Waals surface area contributed by atoms with Crippen molar-refractivity contribution < 1.29 is 9.53 Å². The summed E-state index contributed by atoms with van der Waals surface area (Å²) in [5.41, 5.74) is 3.45. The number of fused-ring (bicyclic) bond motifs is 1. The van der Waals surface area contributed by atoms with Gasteiger partial charge in [-0.25, -0.2) is 0 Å². The molecule has 1 N–H and O–H groups in total. The van der Waals surface area contributed by atoms with Crippen LogP contribution in [0.4, 0.5) is 11.4 Å². The van der Waals surface area contributed by atoms with E-state index >= 15 is 0 Å². The maximum Gasteiger partial charge on any atom is 0.226 e. The van der Waals surface area contributed by atoms with Crippen LogP contribution in [0.5, 0.6) is 5.75 Å². The molecule has 1 saturated heterocycles. The van der Waals surface area contributed by atoms with Crippen LogP contribution in [-0.4, -0.2) is 45.7 Å². The lowest BCUT2D eigenvalue weighted by molar-refractivity contribution is -0.118. The molecule has 0 aromatic heterocycles. The molecular weight excluding hydrogens is 278 g/mol. The summed E-state index contributed by atoms with van der Waals surface area (Å²) in [6, 6.07) is 4.29. The van der Waals surface area contributed by atoms with Gasteiger partial charge in [0.2, 0.25) is 5.91 Å². The topological polar surface area (TPSA) is 44.8 Å². The largest absolute Gasteiger partial charge is 0.495 e. The average molecular weight is 303 g/mol. The number of nitrogens with one attached hydrogen (secondary N) is 1. The van der Waals surface area contributed by atoms with Crippen LogP contribution < -0.4 is 19.9 Å². The van der Waals surface area contributed by atoms with Crippen molar-refractivity contribution in [1.29, 1.82) is 0 Å². The lowest BCUT2D eigenvalue weighted by Crippen LogP contribution is -2.43. The SMILES string of the molecule is CCN1C(=O)CCCc2cc(N3CCNCC3)c(OC)cc21. The number of piperazine rings is 1. The van der Waals surface area contributed by atoms with E-state index in [2.05, 4.69) is 22.3 Å². The minimum absolute atomic E-state index is 0.221. The zero-order chi connectivity index (χ0) is 15.5. The molecule has 1 fully saturated rings. The van der Waals surface area contributed by atoms with Crippen LogP contribution in [0.1, 0.15) is 25.3 Å².